The molecule has 0 aromatic heterocycles. The predicted molar refractivity (Wildman–Crippen MR) is 86.1 cm³/mol. The van der Waals surface area contributed by atoms with Gasteiger partial charge in [-0.3, -0.25) is 0 Å². The molecule has 1 unspecified atom stereocenters. The van der Waals surface area contributed by atoms with Crippen LogP contribution in [0, 0.1) is 6.92 Å². The Kier molecular flexibility index (Phi) is 7.57. The average molecular weight is 262 g/mol. The summed E-state index contributed by atoms with van der Waals surface area (Å²) in [5.41, 5.74) is 2.69. The molecule has 108 valence electrons. The van der Waals surface area contributed by atoms with Gasteiger partial charge in [-0.15, -0.1) is 0 Å². The zero-order valence-electron chi connectivity index (χ0n) is 13.1. The molecule has 2 nitrogen and oxygen atoms in total. The minimum absolute atomic E-state index is 0.602. The van der Waals surface area contributed by atoms with Gasteiger partial charge in [-0.25, -0.2) is 0 Å². The third-order valence-corrected chi connectivity index (χ3v) is 3.51. The maximum atomic E-state index is 3.68. The number of nitrogens with zero attached hydrogens (tertiary/aromatic N) is 1. The summed E-state index contributed by atoms with van der Waals surface area (Å²) in [6, 6.07) is 9.43. The lowest BCUT2D eigenvalue weighted by Crippen LogP contribution is -2.41. The maximum Gasteiger partial charge on any atom is 0.0369 e. The van der Waals surface area contributed by atoms with Gasteiger partial charge >= 0.3 is 0 Å². The first-order valence-corrected chi connectivity index (χ1v) is 7.76. The van der Waals surface area contributed by atoms with Crippen LogP contribution in [-0.2, 0) is 0 Å². The van der Waals surface area contributed by atoms with E-state index in [0.717, 1.165) is 19.6 Å². The van der Waals surface area contributed by atoms with Crippen molar-refractivity contribution in [2.24, 2.45) is 0 Å². The summed E-state index contributed by atoms with van der Waals surface area (Å²) < 4.78 is 0. The van der Waals surface area contributed by atoms with Crippen LogP contribution in [0.1, 0.15) is 45.6 Å². The summed E-state index contributed by atoms with van der Waals surface area (Å²) in [6.45, 7) is 12.2. The first-order valence-electron chi connectivity index (χ1n) is 7.76. The fourth-order valence-corrected chi connectivity index (χ4v) is 2.46. The largest absolute Gasteiger partial charge is 0.370 e. The van der Waals surface area contributed by atoms with Gasteiger partial charge in [0.1, 0.15) is 0 Å². The van der Waals surface area contributed by atoms with Crippen LogP contribution in [0.5, 0.6) is 0 Å². The second-order valence-corrected chi connectivity index (χ2v) is 5.32. The van der Waals surface area contributed by atoms with Crippen LogP contribution in [-0.4, -0.2) is 25.7 Å². The van der Waals surface area contributed by atoms with Gasteiger partial charge in [0, 0.05) is 24.8 Å². The van der Waals surface area contributed by atoms with Crippen molar-refractivity contribution in [3.05, 3.63) is 29.8 Å². The Bertz CT molecular complexity index is 349. The van der Waals surface area contributed by atoms with Crippen molar-refractivity contribution in [1.29, 1.82) is 0 Å². The van der Waals surface area contributed by atoms with Crippen LogP contribution >= 0.6 is 0 Å². The number of hydrogen-bond acceptors (Lipinski definition) is 2. The fourth-order valence-electron chi connectivity index (χ4n) is 2.46. The maximum absolute atomic E-state index is 3.68. The van der Waals surface area contributed by atoms with E-state index in [9.17, 15) is 0 Å². The number of hydrogen-bond donors (Lipinski definition) is 1. The summed E-state index contributed by atoms with van der Waals surface area (Å²) >= 11 is 0. The molecule has 0 fully saturated rings. The summed E-state index contributed by atoms with van der Waals surface area (Å²) in [4.78, 5) is 2.48. The molecule has 1 N–H and O–H groups in total. The zero-order chi connectivity index (χ0) is 14.1. The molecule has 0 saturated heterocycles. The molecule has 0 aliphatic heterocycles. The highest BCUT2D eigenvalue weighted by molar-refractivity contribution is 5.48. The second-order valence-electron chi connectivity index (χ2n) is 5.32. The van der Waals surface area contributed by atoms with E-state index >= 15 is 0 Å². The van der Waals surface area contributed by atoms with E-state index in [1.807, 2.05) is 0 Å². The molecule has 0 spiro atoms. The lowest BCUT2D eigenvalue weighted by Gasteiger charge is -2.29. The lowest BCUT2D eigenvalue weighted by atomic mass is 10.1. The lowest BCUT2D eigenvalue weighted by molar-refractivity contribution is 0.470. The SMILES string of the molecule is CCCNC(CCC)CN(CC)c1cccc(C)c1. The Balaban J connectivity index is 2.67. The monoisotopic (exact) mass is 262 g/mol. The molecule has 1 aromatic carbocycles. The summed E-state index contributed by atoms with van der Waals surface area (Å²) in [6.07, 6.45) is 3.70. The van der Waals surface area contributed by atoms with Crippen molar-refractivity contribution in [3.8, 4) is 0 Å². The number of benzene rings is 1. The zero-order valence-corrected chi connectivity index (χ0v) is 13.1. The van der Waals surface area contributed by atoms with Gasteiger partial charge in [0.05, 0.1) is 0 Å². The van der Waals surface area contributed by atoms with E-state index in [1.54, 1.807) is 0 Å². The van der Waals surface area contributed by atoms with Crippen LogP contribution in [0.2, 0.25) is 0 Å². The number of anilines is 1. The minimum atomic E-state index is 0.602. The molecule has 0 radical (unpaired) electrons. The van der Waals surface area contributed by atoms with Gasteiger partial charge in [0.25, 0.3) is 0 Å². The fraction of sp³-hybridized carbons (Fsp3) is 0.647. The normalized spacial score (nSPS) is 12.4. The smallest absolute Gasteiger partial charge is 0.0369 e. The van der Waals surface area contributed by atoms with Gasteiger partial charge in [-0.05, 0) is 50.9 Å². The highest BCUT2D eigenvalue weighted by atomic mass is 15.1. The first-order chi connectivity index (χ1) is 9.21. The van der Waals surface area contributed by atoms with Crippen molar-refractivity contribution in [2.45, 2.75) is 53.0 Å². The topological polar surface area (TPSA) is 15.3 Å². The highest BCUT2D eigenvalue weighted by Gasteiger charge is 2.12. The van der Waals surface area contributed by atoms with Gasteiger partial charge in [-0.1, -0.05) is 32.4 Å². The van der Waals surface area contributed by atoms with Crippen molar-refractivity contribution in [3.63, 3.8) is 0 Å². The molecule has 1 rings (SSSR count). The molecule has 0 bridgehead atoms. The molecule has 0 aliphatic rings. The third-order valence-electron chi connectivity index (χ3n) is 3.51. The molecule has 2 heteroatoms. The predicted octanol–water partition coefficient (Wildman–Crippen LogP) is 3.99. The molecule has 0 aliphatic carbocycles. The third kappa shape index (κ3) is 5.65. The summed E-state index contributed by atoms with van der Waals surface area (Å²) in [5, 5.41) is 3.68. The quantitative estimate of drug-likeness (QED) is 0.724. The highest BCUT2D eigenvalue weighted by Crippen LogP contribution is 2.16. The molecular weight excluding hydrogens is 232 g/mol. The Hall–Kier alpha value is -1.02. The molecule has 0 heterocycles. The Morgan fingerprint density at radius 2 is 1.95 bits per heavy atom. The van der Waals surface area contributed by atoms with E-state index in [1.165, 1.54) is 30.5 Å². The Morgan fingerprint density at radius 3 is 2.53 bits per heavy atom. The number of aryl methyl sites for hydroxylation is 1. The standard InChI is InChI=1S/C17H30N2/c1-5-9-16(18-12-6-2)14-19(7-3)17-11-8-10-15(4)13-17/h8,10-11,13,16,18H,5-7,9,12,14H2,1-4H3. The van der Waals surface area contributed by atoms with E-state index in [-0.39, 0.29) is 0 Å². The van der Waals surface area contributed by atoms with Crippen molar-refractivity contribution in [2.75, 3.05) is 24.5 Å². The molecular formula is C17H30N2. The van der Waals surface area contributed by atoms with Crippen LogP contribution in [0.15, 0.2) is 24.3 Å². The van der Waals surface area contributed by atoms with Crippen molar-refractivity contribution >= 4 is 5.69 Å². The molecule has 19 heavy (non-hydrogen) atoms. The van der Waals surface area contributed by atoms with Gasteiger partial charge in [0.2, 0.25) is 0 Å². The summed E-state index contributed by atoms with van der Waals surface area (Å²) in [7, 11) is 0. The van der Waals surface area contributed by atoms with Crippen molar-refractivity contribution in [1.82, 2.24) is 5.32 Å². The number of nitrogens with one attached hydrogen (secondary N) is 1. The molecule has 0 saturated carbocycles. The van der Waals surface area contributed by atoms with E-state index in [2.05, 4.69) is 62.2 Å². The molecule has 1 aromatic rings. The van der Waals surface area contributed by atoms with E-state index in [4.69, 9.17) is 0 Å². The second kappa shape index (κ2) is 8.98. The average Bonchev–Trinajstić information content (AvgIpc) is 2.41. The van der Waals surface area contributed by atoms with Crippen LogP contribution in [0.3, 0.4) is 0 Å². The minimum Gasteiger partial charge on any atom is -0.370 e. The summed E-state index contributed by atoms with van der Waals surface area (Å²) in [5.74, 6) is 0. The van der Waals surface area contributed by atoms with E-state index in [0.29, 0.717) is 6.04 Å². The Labute approximate surface area is 119 Å². The van der Waals surface area contributed by atoms with Gasteiger partial charge in [0.15, 0.2) is 0 Å². The van der Waals surface area contributed by atoms with E-state index < -0.39 is 0 Å². The number of rotatable bonds is 9. The Morgan fingerprint density at radius 1 is 1.16 bits per heavy atom. The molecule has 1 atom stereocenters. The van der Waals surface area contributed by atoms with Crippen molar-refractivity contribution < 1.29 is 0 Å². The first kappa shape index (κ1) is 16.0. The van der Waals surface area contributed by atoms with Gasteiger partial charge in [-0.2, -0.15) is 0 Å². The van der Waals surface area contributed by atoms with Gasteiger partial charge < -0.3 is 10.2 Å². The molecule has 0 amide bonds. The van der Waals surface area contributed by atoms with Crippen LogP contribution in [0.25, 0.3) is 0 Å². The van der Waals surface area contributed by atoms with Crippen LogP contribution in [0.4, 0.5) is 5.69 Å². The number of likely N-dealkylation sites (N-methyl/N-ethyl adjacent to an activating group) is 1. The van der Waals surface area contributed by atoms with Crippen LogP contribution < -0.4 is 10.2 Å².